The Bertz CT molecular complexity index is 794. The molecule has 7 heteroatoms. The Balaban J connectivity index is 1.51. The van der Waals surface area contributed by atoms with Crippen molar-refractivity contribution in [2.24, 2.45) is 0 Å². The van der Waals surface area contributed by atoms with Gasteiger partial charge in [-0.2, -0.15) is 0 Å². The lowest BCUT2D eigenvalue weighted by atomic mass is 9.93. The Labute approximate surface area is 143 Å². The average molecular weight is 348 g/mol. The molecule has 1 aliphatic rings. The number of carbonyl (C=O) groups excluding carboxylic acids is 1. The molecule has 2 N–H and O–H groups in total. The summed E-state index contributed by atoms with van der Waals surface area (Å²) in [5, 5.41) is 2.88. The minimum absolute atomic E-state index is 0.0275. The number of ether oxygens (including phenoxy) is 1. The molecule has 0 bridgehead atoms. The van der Waals surface area contributed by atoms with Crippen LogP contribution in [-0.2, 0) is 0 Å². The second kappa shape index (κ2) is 7.46. The van der Waals surface area contributed by atoms with E-state index in [-0.39, 0.29) is 35.1 Å². The first-order valence-corrected chi connectivity index (χ1v) is 8.12. The Hall–Kier alpha value is -2.70. The molecule has 1 fully saturated rings. The summed E-state index contributed by atoms with van der Waals surface area (Å²) in [4.78, 5) is 25.8. The summed E-state index contributed by atoms with van der Waals surface area (Å²) in [5.41, 5.74) is -0.104. The molecule has 1 amide bonds. The van der Waals surface area contributed by atoms with Crippen molar-refractivity contribution in [2.75, 3.05) is 0 Å². The van der Waals surface area contributed by atoms with E-state index in [0.717, 1.165) is 18.2 Å². The third-order valence-corrected chi connectivity index (χ3v) is 4.16. The van der Waals surface area contributed by atoms with E-state index in [4.69, 9.17) is 4.74 Å². The molecule has 1 aromatic carbocycles. The normalized spacial score (nSPS) is 20.1. The van der Waals surface area contributed by atoms with E-state index < -0.39 is 11.6 Å². The summed E-state index contributed by atoms with van der Waals surface area (Å²) in [7, 11) is 0. The first kappa shape index (κ1) is 17.1. The first-order chi connectivity index (χ1) is 12.0. The van der Waals surface area contributed by atoms with Gasteiger partial charge < -0.3 is 15.0 Å². The SMILES string of the molecule is O=C(NC1CCC(Oc2cc(F)cc(F)c2)CC1)c1cccc(=O)[nH]1. The van der Waals surface area contributed by atoms with Gasteiger partial charge in [0.25, 0.3) is 5.91 Å². The first-order valence-electron chi connectivity index (χ1n) is 8.12. The van der Waals surface area contributed by atoms with Crippen LogP contribution in [0.4, 0.5) is 8.78 Å². The van der Waals surface area contributed by atoms with Crippen LogP contribution < -0.4 is 15.6 Å². The third-order valence-electron chi connectivity index (χ3n) is 4.16. The number of carbonyl (C=O) groups is 1. The van der Waals surface area contributed by atoms with Gasteiger partial charge in [-0.15, -0.1) is 0 Å². The third kappa shape index (κ3) is 4.65. The summed E-state index contributed by atoms with van der Waals surface area (Å²) in [6.07, 6.45) is 2.55. The highest BCUT2D eigenvalue weighted by molar-refractivity contribution is 5.92. The summed E-state index contributed by atoms with van der Waals surface area (Å²) in [6.45, 7) is 0. The summed E-state index contributed by atoms with van der Waals surface area (Å²) in [6, 6.07) is 7.49. The van der Waals surface area contributed by atoms with E-state index in [1.165, 1.54) is 12.1 Å². The van der Waals surface area contributed by atoms with E-state index in [0.29, 0.717) is 25.7 Å². The predicted molar refractivity (Wildman–Crippen MR) is 87.6 cm³/mol. The van der Waals surface area contributed by atoms with Crippen molar-refractivity contribution in [3.05, 3.63) is 64.1 Å². The second-order valence-electron chi connectivity index (χ2n) is 6.10. The molecule has 0 spiro atoms. The van der Waals surface area contributed by atoms with E-state index in [1.807, 2.05) is 0 Å². The molecule has 0 radical (unpaired) electrons. The Morgan fingerprint density at radius 3 is 2.40 bits per heavy atom. The minimum atomic E-state index is -0.673. The lowest BCUT2D eigenvalue weighted by Gasteiger charge is -2.29. The molecule has 132 valence electrons. The number of benzene rings is 1. The van der Waals surface area contributed by atoms with Gasteiger partial charge >= 0.3 is 0 Å². The van der Waals surface area contributed by atoms with Gasteiger partial charge in [0.1, 0.15) is 23.1 Å². The number of pyridine rings is 1. The highest BCUT2D eigenvalue weighted by atomic mass is 19.1. The van der Waals surface area contributed by atoms with Gasteiger partial charge in [0.2, 0.25) is 5.56 Å². The fourth-order valence-corrected chi connectivity index (χ4v) is 2.96. The topological polar surface area (TPSA) is 71.2 Å². The Kier molecular flexibility index (Phi) is 5.11. The molecule has 1 aromatic heterocycles. The van der Waals surface area contributed by atoms with Crippen molar-refractivity contribution in [1.29, 1.82) is 0 Å². The van der Waals surface area contributed by atoms with Crippen LogP contribution in [0.1, 0.15) is 36.2 Å². The number of halogens is 2. The number of hydrogen-bond acceptors (Lipinski definition) is 3. The van der Waals surface area contributed by atoms with Gasteiger partial charge in [-0.3, -0.25) is 9.59 Å². The Morgan fingerprint density at radius 2 is 1.76 bits per heavy atom. The molecule has 0 saturated heterocycles. The van der Waals surface area contributed by atoms with Gasteiger partial charge in [-0.05, 0) is 31.7 Å². The van der Waals surface area contributed by atoms with Crippen molar-refractivity contribution in [3.8, 4) is 5.75 Å². The smallest absolute Gasteiger partial charge is 0.268 e. The van der Waals surface area contributed by atoms with Gasteiger partial charge in [0.05, 0.1) is 6.10 Å². The van der Waals surface area contributed by atoms with Gasteiger partial charge in [0.15, 0.2) is 0 Å². The molecule has 1 heterocycles. The maximum Gasteiger partial charge on any atom is 0.268 e. The van der Waals surface area contributed by atoms with Gasteiger partial charge in [-0.25, -0.2) is 8.78 Å². The molecule has 1 saturated carbocycles. The molecule has 5 nitrogen and oxygen atoms in total. The van der Waals surface area contributed by atoms with E-state index in [9.17, 15) is 18.4 Å². The van der Waals surface area contributed by atoms with Gasteiger partial charge in [0, 0.05) is 30.3 Å². The largest absolute Gasteiger partial charge is 0.490 e. The van der Waals surface area contributed by atoms with Crippen LogP contribution in [0.3, 0.4) is 0 Å². The molecular formula is C18H18F2N2O3. The van der Waals surface area contributed by atoms with Crippen molar-refractivity contribution >= 4 is 5.91 Å². The molecule has 3 rings (SSSR count). The molecule has 0 atom stereocenters. The lowest BCUT2D eigenvalue weighted by Crippen LogP contribution is -2.40. The highest BCUT2D eigenvalue weighted by Gasteiger charge is 2.24. The lowest BCUT2D eigenvalue weighted by molar-refractivity contribution is 0.0888. The summed E-state index contributed by atoms with van der Waals surface area (Å²) in [5.74, 6) is -1.50. The fraction of sp³-hybridized carbons (Fsp3) is 0.333. The quantitative estimate of drug-likeness (QED) is 0.892. The summed E-state index contributed by atoms with van der Waals surface area (Å²) < 4.78 is 32.0. The van der Waals surface area contributed by atoms with Crippen LogP contribution in [0, 0.1) is 11.6 Å². The number of hydrogen-bond donors (Lipinski definition) is 2. The van der Waals surface area contributed by atoms with Crippen molar-refractivity contribution < 1.29 is 18.3 Å². The second-order valence-corrected chi connectivity index (χ2v) is 6.10. The number of amides is 1. The maximum atomic E-state index is 13.2. The van der Waals surface area contributed by atoms with Crippen LogP contribution in [0.15, 0.2) is 41.2 Å². The fourth-order valence-electron chi connectivity index (χ4n) is 2.96. The molecule has 0 unspecified atom stereocenters. The number of aromatic amines is 1. The molecular weight excluding hydrogens is 330 g/mol. The molecule has 1 aliphatic carbocycles. The van der Waals surface area contributed by atoms with Gasteiger partial charge in [-0.1, -0.05) is 6.07 Å². The molecule has 2 aromatic rings. The molecule has 0 aliphatic heterocycles. The maximum absolute atomic E-state index is 13.2. The number of nitrogens with one attached hydrogen (secondary N) is 2. The minimum Gasteiger partial charge on any atom is -0.490 e. The number of H-pyrrole nitrogens is 1. The average Bonchev–Trinajstić information content (AvgIpc) is 2.56. The van der Waals surface area contributed by atoms with Crippen LogP contribution in [-0.4, -0.2) is 23.0 Å². The van der Waals surface area contributed by atoms with E-state index in [1.54, 1.807) is 6.07 Å². The van der Waals surface area contributed by atoms with Crippen LogP contribution >= 0.6 is 0 Å². The van der Waals surface area contributed by atoms with E-state index >= 15 is 0 Å². The highest BCUT2D eigenvalue weighted by Crippen LogP contribution is 2.25. The van der Waals surface area contributed by atoms with Crippen molar-refractivity contribution in [2.45, 2.75) is 37.8 Å². The predicted octanol–water partition coefficient (Wildman–Crippen LogP) is 2.77. The van der Waals surface area contributed by atoms with Crippen LogP contribution in [0.2, 0.25) is 0 Å². The number of rotatable bonds is 4. The summed E-state index contributed by atoms with van der Waals surface area (Å²) >= 11 is 0. The van der Waals surface area contributed by atoms with Crippen molar-refractivity contribution in [3.63, 3.8) is 0 Å². The van der Waals surface area contributed by atoms with Crippen LogP contribution in [0.25, 0.3) is 0 Å². The standard InChI is InChI=1S/C18H18F2N2O3/c19-11-8-12(20)10-15(9-11)25-14-6-4-13(5-7-14)21-18(24)16-2-1-3-17(23)22-16/h1-3,8-10,13-14H,4-7H2,(H,21,24)(H,22,23). The molecule has 25 heavy (non-hydrogen) atoms. The van der Waals surface area contributed by atoms with Crippen molar-refractivity contribution in [1.82, 2.24) is 10.3 Å². The zero-order valence-corrected chi connectivity index (χ0v) is 13.4. The van der Waals surface area contributed by atoms with Crippen LogP contribution in [0.5, 0.6) is 5.75 Å². The van der Waals surface area contributed by atoms with E-state index in [2.05, 4.69) is 10.3 Å². The monoisotopic (exact) mass is 348 g/mol. The number of aromatic nitrogens is 1. The zero-order valence-electron chi connectivity index (χ0n) is 13.4. The zero-order chi connectivity index (χ0) is 17.8. The Morgan fingerprint density at radius 1 is 1.08 bits per heavy atom.